The number of benzene rings is 1. The first kappa shape index (κ1) is 11.3. The van der Waals surface area contributed by atoms with Gasteiger partial charge in [0.15, 0.2) is 5.75 Å². The lowest BCUT2D eigenvalue weighted by atomic mass is 9.94. The summed E-state index contributed by atoms with van der Waals surface area (Å²) in [5.41, 5.74) is 2.22. The van der Waals surface area contributed by atoms with Gasteiger partial charge in [-0.2, -0.15) is 0 Å². The van der Waals surface area contributed by atoms with E-state index in [0.29, 0.717) is 11.7 Å². The summed E-state index contributed by atoms with van der Waals surface area (Å²) in [6, 6.07) is 5.50. The maximum atomic E-state index is 8.81. The molecule has 2 aliphatic heterocycles. The molecule has 2 aromatic rings. The lowest BCUT2D eigenvalue weighted by Crippen LogP contribution is -2.33. The molecule has 2 atom stereocenters. The number of piperidine rings is 1. The minimum absolute atomic E-state index is 0.476. The molecule has 0 amide bonds. The number of nitrogens with zero attached hydrogens (tertiary/aromatic N) is 1. The van der Waals surface area contributed by atoms with Gasteiger partial charge in [0.2, 0.25) is 0 Å². The minimum Gasteiger partial charge on any atom is -0.460 e. The van der Waals surface area contributed by atoms with Gasteiger partial charge in [-0.15, -0.1) is 0 Å². The predicted molar refractivity (Wildman–Crippen MR) is 71.6 cm³/mol. The van der Waals surface area contributed by atoms with Crippen LogP contribution in [0.4, 0.5) is 0 Å². The highest BCUT2D eigenvalue weighted by Gasteiger charge is 2.30. The molecule has 0 spiro atoms. The Morgan fingerprint density at radius 3 is 3.16 bits per heavy atom. The van der Waals surface area contributed by atoms with Crippen LogP contribution in [0.1, 0.15) is 30.1 Å². The summed E-state index contributed by atoms with van der Waals surface area (Å²) < 4.78 is 6.09. The number of hydrogen-bond acceptors (Lipinski definition) is 4. The molecule has 100 valence electrons. The Kier molecular flexibility index (Phi) is 2.53. The van der Waals surface area contributed by atoms with E-state index in [4.69, 9.17) is 9.67 Å². The SMILES string of the molecule is OOc1ccc2oc3c(c2c1)CCN1CCCC3C1. The lowest BCUT2D eigenvalue weighted by molar-refractivity contribution is -0.137. The number of fused-ring (bicyclic) bond motifs is 6. The second-order valence-corrected chi connectivity index (χ2v) is 5.58. The smallest absolute Gasteiger partial charge is 0.165 e. The van der Waals surface area contributed by atoms with Crippen LogP contribution in [-0.4, -0.2) is 29.8 Å². The molecule has 2 unspecified atom stereocenters. The van der Waals surface area contributed by atoms with Crippen molar-refractivity contribution in [2.24, 2.45) is 0 Å². The van der Waals surface area contributed by atoms with Gasteiger partial charge >= 0.3 is 0 Å². The standard InChI is InChI=1S/C15H17NO3/c17-19-11-3-4-14-13(8-11)12-5-7-16-6-1-2-10(9-16)15(12)18-14/h3-4,8,10,17H,1-2,5-7,9H2. The summed E-state index contributed by atoms with van der Waals surface area (Å²) >= 11 is 0. The van der Waals surface area contributed by atoms with Crippen LogP contribution in [0.25, 0.3) is 11.0 Å². The van der Waals surface area contributed by atoms with Crippen molar-refractivity contribution in [3.63, 3.8) is 0 Å². The first-order valence-corrected chi connectivity index (χ1v) is 6.94. The first-order chi connectivity index (χ1) is 9.35. The molecule has 0 saturated carbocycles. The maximum Gasteiger partial charge on any atom is 0.165 e. The Balaban J connectivity index is 1.88. The monoisotopic (exact) mass is 259 g/mol. The Morgan fingerprint density at radius 1 is 1.32 bits per heavy atom. The van der Waals surface area contributed by atoms with Gasteiger partial charge in [-0.3, -0.25) is 0 Å². The second-order valence-electron chi connectivity index (χ2n) is 5.58. The molecule has 4 nitrogen and oxygen atoms in total. The van der Waals surface area contributed by atoms with Crippen LogP contribution < -0.4 is 4.89 Å². The van der Waals surface area contributed by atoms with Crippen molar-refractivity contribution in [3.05, 3.63) is 29.5 Å². The molecule has 3 heterocycles. The van der Waals surface area contributed by atoms with Crippen molar-refractivity contribution in [1.82, 2.24) is 4.90 Å². The molecule has 1 N–H and O–H groups in total. The molecule has 0 aliphatic carbocycles. The van der Waals surface area contributed by atoms with Gasteiger partial charge in [0.25, 0.3) is 0 Å². The molecule has 1 saturated heterocycles. The zero-order valence-corrected chi connectivity index (χ0v) is 10.8. The largest absolute Gasteiger partial charge is 0.460 e. The zero-order valence-electron chi connectivity index (χ0n) is 10.8. The minimum atomic E-state index is 0.476. The molecule has 1 fully saturated rings. The van der Waals surface area contributed by atoms with E-state index in [1.54, 1.807) is 6.07 Å². The van der Waals surface area contributed by atoms with Crippen LogP contribution >= 0.6 is 0 Å². The Hall–Kier alpha value is -1.52. The molecule has 4 heteroatoms. The van der Waals surface area contributed by atoms with Crippen molar-refractivity contribution < 1.29 is 14.6 Å². The molecular weight excluding hydrogens is 242 g/mol. The molecule has 1 aromatic heterocycles. The second kappa shape index (κ2) is 4.25. The van der Waals surface area contributed by atoms with Gasteiger partial charge < -0.3 is 14.2 Å². The van der Waals surface area contributed by atoms with Crippen LogP contribution in [0.2, 0.25) is 0 Å². The van der Waals surface area contributed by atoms with E-state index in [2.05, 4.69) is 9.79 Å². The summed E-state index contributed by atoms with van der Waals surface area (Å²) in [4.78, 5) is 6.88. The van der Waals surface area contributed by atoms with E-state index in [0.717, 1.165) is 36.2 Å². The molecule has 2 bridgehead atoms. The van der Waals surface area contributed by atoms with Gasteiger partial charge in [-0.25, -0.2) is 5.26 Å². The van der Waals surface area contributed by atoms with Gasteiger partial charge in [0, 0.05) is 30.0 Å². The quantitative estimate of drug-likeness (QED) is 0.631. The molecule has 4 rings (SSSR count). The lowest BCUT2D eigenvalue weighted by Gasteiger charge is -2.29. The van der Waals surface area contributed by atoms with E-state index < -0.39 is 0 Å². The van der Waals surface area contributed by atoms with Gasteiger partial charge in [-0.1, -0.05) is 0 Å². The van der Waals surface area contributed by atoms with Crippen LogP contribution in [0.3, 0.4) is 0 Å². The zero-order chi connectivity index (χ0) is 12.8. The van der Waals surface area contributed by atoms with Crippen LogP contribution in [0.5, 0.6) is 5.75 Å². The van der Waals surface area contributed by atoms with Crippen molar-refractivity contribution >= 4 is 11.0 Å². The van der Waals surface area contributed by atoms with Crippen LogP contribution in [0.15, 0.2) is 22.6 Å². The van der Waals surface area contributed by atoms with Crippen LogP contribution in [-0.2, 0) is 6.42 Å². The fraction of sp³-hybridized carbons (Fsp3) is 0.467. The Bertz CT molecular complexity index is 619. The maximum absolute atomic E-state index is 8.81. The topological polar surface area (TPSA) is 45.8 Å². The van der Waals surface area contributed by atoms with Gasteiger partial charge in [0.05, 0.1) is 0 Å². The van der Waals surface area contributed by atoms with Crippen LogP contribution in [0, 0.1) is 0 Å². The predicted octanol–water partition coefficient (Wildman–Crippen LogP) is 3.02. The Morgan fingerprint density at radius 2 is 2.26 bits per heavy atom. The average molecular weight is 259 g/mol. The fourth-order valence-corrected chi connectivity index (χ4v) is 3.53. The Labute approximate surface area is 111 Å². The highest BCUT2D eigenvalue weighted by molar-refractivity contribution is 5.84. The van der Waals surface area contributed by atoms with Crippen molar-refractivity contribution in [2.75, 3.05) is 19.6 Å². The van der Waals surface area contributed by atoms with E-state index in [1.165, 1.54) is 24.9 Å². The first-order valence-electron chi connectivity index (χ1n) is 6.94. The van der Waals surface area contributed by atoms with Gasteiger partial charge in [0.1, 0.15) is 11.3 Å². The highest BCUT2D eigenvalue weighted by atomic mass is 17.1. The van der Waals surface area contributed by atoms with Gasteiger partial charge in [-0.05, 0) is 44.0 Å². The average Bonchev–Trinajstić information content (AvgIpc) is 2.77. The van der Waals surface area contributed by atoms with Crippen molar-refractivity contribution in [1.29, 1.82) is 0 Å². The van der Waals surface area contributed by atoms with E-state index >= 15 is 0 Å². The summed E-state index contributed by atoms with van der Waals surface area (Å²) in [6.45, 7) is 3.43. The molecule has 2 aliphatic rings. The van der Waals surface area contributed by atoms with Crippen molar-refractivity contribution in [3.8, 4) is 5.75 Å². The van der Waals surface area contributed by atoms with E-state index in [1.807, 2.05) is 12.1 Å². The van der Waals surface area contributed by atoms with E-state index in [-0.39, 0.29) is 0 Å². The molecule has 19 heavy (non-hydrogen) atoms. The molecule has 0 radical (unpaired) electrons. The van der Waals surface area contributed by atoms with Crippen molar-refractivity contribution in [2.45, 2.75) is 25.2 Å². The third-order valence-electron chi connectivity index (χ3n) is 4.45. The number of hydrogen-bond donors (Lipinski definition) is 1. The summed E-state index contributed by atoms with van der Waals surface area (Å²) in [5.74, 6) is 2.16. The number of furan rings is 1. The number of rotatable bonds is 1. The highest BCUT2D eigenvalue weighted by Crippen LogP contribution is 2.39. The summed E-state index contributed by atoms with van der Waals surface area (Å²) in [7, 11) is 0. The molecular formula is C15H17NO3. The fourth-order valence-electron chi connectivity index (χ4n) is 3.53. The van der Waals surface area contributed by atoms with E-state index in [9.17, 15) is 0 Å². The normalized spacial score (nSPS) is 25.9. The molecule has 1 aromatic carbocycles. The third-order valence-corrected chi connectivity index (χ3v) is 4.45. The summed E-state index contributed by atoms with van der Waals surface area (Å²) in [5, 5.41) is 9.90. The third kappa shape index (κ3) is 1.75. The summed E-state index contributed by atoms with van der Waals surface area (Å²) in [6.07, 6.45) is 3.49.